The second-order valence-electron chi connectivity index (χ2n) is 10.9. The number of aryl methyl sites for hydroxylation is 1. The summed E-state index contributed by atoms with van der Waals surface area (Å²) in [6.07, 6.45) is 1.40. The molecule has 0 spiro atoms. The molecule has 1 heterocycles. The molecule has 3 atom stereocenters. The van der Waals surface area contributed by atoms with Crippen LogP contribution < -0.4 is 43.7 Å². The smallest absolute Gasteiger partial charge is 0.336 e. The maximum Gasteiger partial charge on any atom is 0.336 e. The molecular weight excluding hydrogens is 592 g/mol. The second kappa shape index (κ2) is 17.3. The van der Waals surface area contributed by atoms with Crippen molar-refractivity contribution in [2.45, 2.75) is 64.1 Å². The van der Waals surface area contributed by atoms with Gasteiger partial charge in [0.1, 0.15) is 23.7 Å². The van der Waals surface area contributed by atoms with Gasteiger partial charge in [0.25, 0.3) is 0 Å². The van der Waals surface area contributed by atoms with Gasteiger partial charge < -0.3 is 42.5 Å². The fourth-order valence-electron chi connectivity index (χ4n) is 4.87. The lowest BCUT2D eigenvalue weighted by molar-refractivity contribution is -0.133. The average Bonchev–Trinajstić information content (AvgIpc) is 3.00. The Morgan fingerprint density at radius 1 is 0.870 bits per heavy atom. The number of nitrogens with one attached hydrogen (secondary N) is 6. The van der Waals surface area contributed by atoms with Crippen LogP contribution in [-0.2, 0) is 25.6 Å². The predicted molar refractivity (Wildman–Crippen MR) is 175 cm³/mol. The number of carbonyl (C=O) groups is 4. The summed E-state index contributed by atoms with van der Waals surface area (Å²) in [5, 5.41) is 21.7. The van der Waals surface area contributed by atoms with E-state index in [-0.39, 0.29) is 31.8 Å². The number of fused-ring (bicyclic) bond motifs is 1. The maximum atomic E-state index is 13.8. The summed E-state index contributed by atoms with van der Waals surface area (Å²) in [7, 11) is 0. The van der Waals surface area contributed by atoms with E-state index in [0.29, 0.717) is 36.0 Å². The summed E-state index contributed by atoms with van der Waals surface area (Å²) in [6, 6.07) is 12.3. The summed E-state index contributed by atoms with van der Waals surface area (Å²) in [5.41, 5.74) is 12.6. The molecule has 3 rings (SSSR count). The van der Waals surface area contributed by atoms with E-state index in [2.05, 4.69) is 26.6 Å². The lowest BCUT2D eigenvalue weighted by atomic mass is 10.0. The molecule has 3 aromatic rings. The number of rotatable bonds is 16. The number of benzene rings is 2. The molecule has 10 N–H and O–H groups in total. The fourth-order valence-corrected chi connectivity index (χ4v) is 4.87. The predicted octanol–water partition coefficient (Wildman–Crippen LogP) is 0.759. The van der Waals surface area contributed by atoms with Crippen molar-refractivity contribution in [1.29, 1.82) is 5.41 Å². The molecule has 0 radical (unpaired) electrons. The number of guanidine groups is 1. The van der Waals surface area contributed by atoms with Gasteiger partial charge in [-0.2, -0.15) is 0 Å². The number of hydrogen-bond acceptors (Lipinski definition) is 8. The first-order chi connectivity index (χ1) is 22.0. The molecule has 46 heavy (non-hydrogen) atoms. The van der Waals surface area contributed by atoms with Crippen molar-refractivity contribution in [3.8, 4) is 0 Å². The largest absolute Gasteiger partial charge is 0.423 e. The number of amides is 4. The van der Waals surface area contributed by atoms with E-state index >= 15 is 0 Å². The molecule has 0 saturated heterocycles. The Balaban J connectivity index is 1.85. The standard InChI is InChI=1S/C32H42N8O6/c1-19-16-28(42)46-27-18-22(12-13-23(19)27)38-29(43)25(11-7-15-36-32(34)35)39-31(45)26(17-21-8-4-3-5-9-21)40-30(44)24(10-6-14-33)37-20(2)41/h3-5,8-9,12-13,16,18,24-26H,6-7,10-11,14-15,17,33H2,1-2H3,(H,37,41)(H,38,43)(H,39,45)(H,40,44)(H4,34,35,36)/t24-,25-,26-/m0/s1. The summed E-state index contributed by atoms with van der Waals surface area (Å²) >= 11 is 0. The third-order valence-corrected chi connectivity index (χ3v) is 7.14. The quantitative estimate of drug-likeness (QED) is 0.0480. The van der Waals surface area contributed by atoms with Crippen LogP contribution in [0.2, 0.25) is 0 Å². The third-order valence-electron chi connectivity index (χ3n) is 7.14. The zero-order chi connectivity index (χ0) is 33.6. The highest BCUT2D eigenvalue weighted by Gasteiger charge is 2.29. The Hall–Kier alpha value is -5.24. The summed E-state index contributed by atoms with van der Waals surface area (Å²) in [4.78, 5) is 64.3. The lowest BCUT2D eigenvalue weighted by Gasteiger charge is -2.25. The third kappa shape index (κ3) is 11.0. The molecule has 0 aliphatic heterocycles. The van der Waals surface area contributed by atoms with Crippen molar-refractivity contribution < 1.29 is 23.6 Å². The molecule has 0 unspecified atom stereocenters. The van der Waals surface area contributed by atoms with Gasteiger partial charge in [-0.15, -0.1) is 0 Å². The van der Waals surface area contributed by atoms with Gasteiger partial charge in [-0.25, -0.2) is 4.79 Å². The first-order valence-corrected chi connectivity index (χ1v) is 15.0. The molecule has 0 aliphatic rings. The van der Waals surface area contributed by atoms with E-state index in [1.165, 1.54) is 19.1 Å². The summed E-state index contributed by atoms with van der Waals surface area (Å²) in [5.74, 6) is -2.35. The van der Waals surface area contributed by atoms with Crippen LogP contribution in [0.4, 0.5) is 5.69 Å². The van der Waals surface area contributed by atoms with E-state index in [1.807, 2.05) is 18.2 Å². The van der Waals surface area contributed by atoms with Crippen LogP contribution in [-0.4, -0.2) is 60.8 Å². The Labute approximate surface area is 266 Å². The van der Waals surface area contributed by atoms with Gasteiger partial charge in [0.2, 0.25) is 23.6 Å². The fraction of sp³-hybridized carbons (Fsp3) is 0.375. The van der Waals surface area contributed by atoms with Gasteiger partial charge in [-0.1, -0.05) is 30.3 Å². The van der Waals surface area contributed by atoms with Gasteiger partial charge in [0, 0.05) is 43.1 Å². The molecule has 14 nitrogen and oxygen atoms in total. The zero-order valence-corrected chi connectivity index (χ0v) is 26.0. The summed E-state index contributed by atoms with van der Waals surface area (Å²) < 4.78 is 5.29. The van der Waals surface area contributed by atoms with Crippen LogP contribution in [0.15, 0.2) is 63.8 Å². The van der Waals surface area contributed by atoms with Gasteiger partial charge in [-0.3, -0.25) is 24.6 Å². The van der Waals surface area contributed by atoms with Crippen molar-refractivity contribution in [1.82, 2.24) is 21.3 Å². The SMILES string of the molecule is CC(=O)N[C@@H](CCCN)C(=O)N[C@@H](Cc1ccccc1)C(=O)N[C@@H](CCCNC(=N)N)C(=O)Nc1ccc2c(C)cc(=O)oc2c1. The van der Waals surface area contributed by atoms with Crippen molar-refractivity contribution in [2.24, 2.45) is 11.5 Å². The Bertz CT molecular complexity index is 1590. The van der Waals surface area contributed by atoms with E-state index in [9.17, 15) is 24.0 Å². The van der Waals surface area contributed by atoms with Gasteiger partial charge in [-0.05, 0) is 62.4 Å². The molecule has 0 saturated carbocycles. The minimum Gasteiger partial charge on any atom is -0.423 e. The van der Waals surface area contributed by atoms with Crippen LogP contribution in [0.25, 0.3) is 11.0 Å². The number of anilines is 1. The molecule has 2 aromatic carbocycles. The lowest BCUT2D eigenvalue weighted by Crippen LogP contribution is -2.56. The van der Waals surface area contributed by atoms with Crippen LogP contribution in [0, 0.1) is 12.3 Å². The molecule has 0 aliphatic carbocycles. The monoisotopic (exact) mass is 634 g/mol. The topological polar surface area (TPSA) is 235 Å². The van der Waals surface area contributed by atoms with E-state index in [1.54, 1.807) is 31.2 Å². The normalized spacial score (nSPS) is 12.8. The molecule has 1 aromatic heterocycles. The first kappa shape index (κ1) is 35.2. The highest BCUT2D eigenvalue weighted by atomic mass is 16.4. The second-order valence-corrected chi connectivity index (χ2v) is 10.9. The van der Waals surface area contributed by atoms with Crippen LogP contribution >= 0.6 is 0 Å². The Morgan fingerprint density at radius 2 is 1.52 bits per heavy atom. The summed E-state index contributed by atoms with van der Waals surface area (Å²) in [6.45, 7) is 3.67. The maximum absolute atomic E-state index is 13.8. The number of carbonyl (C=O) groups excluding carboxylic acids is 4. The minimum absolute atomic E-state index is 0.116. The van der Waals surface area contributed by atoms with Crippen LogP contribution in [0.3, 0.4) is 0 Å². The van der Waals surface area contributed by atoms with Gasteiger partial charge in [0.15, 0.2) is 5.96 Å². The van der Waals surface area contributed by atoms with E-state index in [4.69, 9.17) is 21.3 Å². The van der Waals surface area contributed by atoms with Crippen LogP contribution in [0.1, 0.15) is 43.7 Å². The van der Waals surface area contributed by atoms with E-state index in [0.717, 1.165) is 11.1 Å². The Kier molecular flexibility index (Phi) is 13.3. The van der Waals surface area contributed by atoms with Crippen molar-refractivity contribution in [3.63, 3.8) is 0 Å². The van der Waals surface area contributed by atoms with Gasteiger partial charge in [0.05, 0.1) is 0 Å². The Morgan fingerprint density at radius 3 is 2.20 bits per heavy atom. The highest BCUT2D eigenvalue weighted by Crippen LogP contribution is 2.21. The number of hydrogen-bond donors (Lipinski definition) is 8. The van der Waals surface area contributed by atoms with Crippen molar-refractivity contribution in [3.05, 3.63) is 76.1 Å². The van der Waals surface area contributed by atoms with Crippen molar-refractivity contribution >= 4 is 46.2 Å². The highest BCUT2D eigenvalue weighted by molar-refractivity contribution is 6.00. The first-order valence-electron chi connectivity index (χ1n) is 15.0. The molecule has 0 fully saturated rings. The molecule has 246 valence electrons. The molecule has 14 heteroatoms. The average molecular weight is 635 g/mol. The van der Waals surface area contributed by atoms with Crippen LogP contribution in [0.5, 0.6) is 0 Å². The minimum atomic E-state index is -1.09. The molecular formula is C32H42N8O6. The van der Waals surface area contributed by atoms with E-state index < -0.39 is 47.4 Å². The van der Waals surface area contributed by atoms with Gasteiger partial charge >= 0.3 is 5.63 Å². The van der Waals surface area contributed by atoms with Crippen molar-refractivity contribution in [2.75, 3.05) is 18.4 Å². The molecule has 4 amide bonds. The number of nitrogens with two attached hydrogens (primary N) is 2. The zero-order valence-electron chi connectivity index (χ0n) is 26.0. The molecule has 0 bridgehead atoms.